The average Bonchev–Trinajstić information content (AvgIpc) is 2.76. The Morgan fingerprint density at radius 1 is 1.22 bits per heavy atom. The minimum Gasteiger partial charge on any atom is -0.496 e. The summed E-state index contributed by atoms with van der Waals surface area (Å²) in [6.45, 7) is 6.61. The molecule has 1 aromatic carbocycles. The van der Waals surface area contributed by atoms with Gasteiger partial charge in [0.15, 0.2) is 0 Å². The topological polar surface area (TPSA) is 26.2 Å². The molecule has 0 amide bonds. The van der Waals surface area contributed by atoms with Crippen molar-refractivity contribution in [2.45, 2.75) is 32.9 Å². The van der Waals surface area contributed by atoms with E-state index in [-0.39, 0.29) is 0 Å². The number of hydrogen-bond acceptors (Lipinski definition) is 2. The maximum atomic E-state index is 5.46. The molecular formula is C15H22N2O. The van der Waals surface area contributed by atoms with Gasteiger partial charge >= 0.3 is 0 Å². The lowest BCUT2D eigenvalue weighted by atomic mass is 10.2. The zero-order chi connectivity index (χ0) is 13.3. The fraction of sp³-hybridized carbons (Fsp3) is 0.467. The number of benzene rings is 1. The standard InChI is InChI=1S/C15H22N2O/c1-10(2)17-13-7-6-8-15(18-5)12(13)9-14(17)11(3)16-4/h6-11,16H,1-5H3. The van der Waals surface area contributed by atoms with Gasteiger partial charge in [-0.25, -0.2) is 0 Å². The molecule has 0 saturated heterocycles. The Kier molecular flexibility index (Phi) is 3.62. The molecule has 3 nitrogen and oxygen atoms in total. The molecule has 1 atom stereocenters. The first-order valence-electron chi connectivity index (χ1n) is 6.45. The van der Waals surface area contributed by atoms with Crippen LogP contribution in [-0.2, 0) is 0 Å². The summed E-state index contributed by atoms with van der Waals surface area (Å²) in [4.78, 5) is 0. The van der Waals surface area contributed by atoms with Gasteiger partial charge in [-0.1, -0.05) is 6.07 Å². The predicted molar refractivity (Wildman–Crippen MR) is 76.3 cm³/mol. The van der Waals surface area contributed by atoms with Crippen LogP contribution in [-0.4, -0.2) is 18.7 Å². The highest BCUT2D eigenvalue weighted by atomic mass is 16.5. The summed E-state index contributed by atoms with van der Waals surface area (Å²) in [6.07, 6.45) is 0. The van der Waals surface area contributed by atoms with E-state index in [0.29, 0.717) is 12.1 Å². The van der Waals surface area contributed by atoms with E-state index >= 15 is 0 Å². The zero-order valence-corrected chi connectivity index (χ0v) is 11.8. The van der Waals surface area contributed by atoms with Crippen molar-refractivity contribution in [3.8, 4) is 5.75 Å². The van der Waals surface area contributed by atoms with Crippen LogP contribution in [0.5, 0.6) is 5.75 Å². The second-order valence-electron chi connectivity index (χ2n) is 4.94. The molecule has 0 bridgehead atoms. The zero-order valence-electron chi connectivity index (χ0n) is 11.8. The van der Waals surface area contributed by atoms with Crippen LogP contribution in [0.15, 0.2) is 24.3 Å². The first-order valence-corrected chi connectivity index (χ1v) is 6.45. The minimum atomic E-state index is 0.324. The third-order valence-corrected chi connectivity index (χ3v) is 3.49. The summed E-state index contributed by atoms with van der Waals surface area (Å²) in [5.41, 5.74) is 2.54. The van der Waals surface area contributed by atoms with Gasteiger partial charge in [-0.2, -0.15) is 0 Å². The van der Waals surface area contributed by atoms with E-state index in [1.807, 2.05) is 19.2 Å². The fourth-order valence-electron chi connectivity index (χ4n) is 2.48. The Morgan fingerprint density at radius 2 is 1.94 bits per heavy atom. The van der Waals surface area contributed by atoms with Gasteiger partial charge in [0, 0.05) is 23.2 Å². The third-order valence-electron chi connectivity index (χ3n) is 3.49. The first-order chi connectivity index (χ1) is 8.60. The Labute approximate surface area is 109 Å². The number of nitrogens with zero attached hydrogens (tertiary/aromatic N) is 1. The number of hydrogen-bond donors (Lipinski definition) is 1. The molecule has 0 fully saturated rings. The van der Waals surface area contributed by atoms with Crippen molar-refractivity contribution in [3.05, 3.63) is 30.0 Å². The minimum absolute atomic E-state index is 0.324. The predicted octanol–water partition coefficient (Wildman–Crippen LogP) is 3.51. The molecule has 0 saturated carbocycles. The maximum absolute atomic E-state index is 5.46. The second-order valence-corrected chi connectivity index (χ2v) is 4.94. The molecule has 3 heteroatoms. The molecule has 1 aromatic heterocycles. The number of aromatic nitrogens is 1. The van der Waals surface area contributed by atoms with Crippen LogP contribution in [0, 0.1) is 0 Å². The van der Waals surface area contributed by atoms with Crippen molar-refractivity contribution in [3.63, 3.8) is 0 Å². The Hall–Kier alpha value is -1.48. The lowest BCUT2D eigenvalue weighted by molar-refractivity contribution is 0.420. The molecule has 0 aliphatic carbocycles. The summed E-state index contributed by atoms with van der Waals surface area (Å²) in [5.74, 6) is 0.941. The van der Waals surface area contributed by atoms with E-state index in [4.69, 9.17) is 4.74 Å². The molecule has 0 spiro atoms. The smallest absolute Gasteiger partial charge is 0.128 e. The van der Waals surface area contributed by atoms with Crippen molar-refractivity contribution in [2.24, 2.45) is 0 Å². The van der Waals surface area contributed by atoms with Gasteiger partial charge in [0.1, 0.15) is 5.75 Å². The van der Waals surface area contributed by atoms with E-state index in [1.165, 1.54) is 16.6 Å². The van der Waals surface area contributed by atoms with Gasteiger partial charge in [0.05, 0.1) is 12.6 Å². The number of ether oxygens (including phenoxy) is 1. The normalized spacial score (nSPS) is 13.2. The van der Waals surface area contributed by atoms with Crippen LogP contribution >= 0.6 is 0 Å². The lowest BCUT2D eigenvalue weighted by Gasteiger charge is -2.18. The Morgan fingerprint density at radius 3 is 2.50 bits per heavy atom. The summed E-state index contributed by atoms with van der Waals surface area (Å²) in [7, 11) is 3.72. The van der Waals surface area contributed by atoms with Crippen LogP contribution in [0.3, 0.4) is 0 Å². The highest BCUT2D eigenvalue weighted by molar-refractivity contribution is 5.87. The van der Waals surface area contributed by atoms with E-state index in [9.17, 15) is 0 Å². The van der Waals surface area contributed by atoms with Gasteiger partial charge in [-0.15, -0.1) is 0 Å². The second kappa shape index (κ2) is 5.02. The van der Waals surface area contributed by atoms with Crippen molar-refractivity contribution in [1.82, 2.24) is 9.88 Å². The SMILES string of the molecule is CNC(C)c1cc2c(OC)cccc2n1C(C)C. The molecule has 1 N–H and O–H groups in total. The van der Waals surface area contributed by atoms with Gasteiger partial charge in [0.2, 0.25) is 0 Å². The number of nitrogens with one attached hydrogen (secondary N) is 1. The molecular weight excluding hydrogens is 224 g/mol. The first kappa shape index (κ1) is 13.0. The van der Waals surface area contributed by atoms with Crippen molar-refractivity contribution < 1.29 is 4.74 Å². The van der Waals surface area contributed by atoms with E-state index in [2.05, 4.69) is 42.8 Å². The summed E-state index contributed by atoms with van der Waals surface area (Å²) in [5, 5.41) is 4.50. The van der Waals surface area contributed by atoms with Crippen molar-refractivity contribution in [2.75, 3.05) is 14.2 Å². The summed E-state index contributed by atoms with van der Waals surface area (Å²) in [6, 6.07) is 9.21. The van der Waals surface area contributed by atoms with Gasteiger partial charge in [-0.05, 0) is 46.0 Å². The van der Waals surface area contributed by atoms with Crippen LogP contribution in [0.2, 0.25) is 0 Å². The lowest BCUT2D eigenvalue weighted by Crippen LogP contribution is -2.17. The molecule has 2 rings (SSSR count). The molecule has 1 unspecified atom stereocenters. The van der Waals surface area contributed by atoms with E-state index in [1.54, 1.807) is 7.11 Å². The fourth-order valence-corrected chi connectivity index (χ4v) is 2.48. The summed E-state index contributed by atoms with van der Waals surface area (Å²) < 4.78 is 7.83. The van der Waals surface area contributed by atoms with Crippen LogP contribution < -0.4 is 10.1 Å². The Bertz CT molecular complexity index is 543. The maximum Gasteiger partial charge on any atom is 0.128 e. The average molecular weight is 246 g/mol. The van der Waals surface area contributed by atoms with E-state index < -0.39 is 0 Å². The monoisotopic (exact) mass is 246 g/mol. The van der Waals surface area contributed by atoms with Gasteiger partial charge < -0.3 is 14.6 Å². The van der Waals surface area contributed by atoms with Crippen molar-refractivity contribution in [1.29, 1.82) is 0 Å². The quantitative estimate of drug-likeness (QED) is 0.893. The molecule has 0 aliphatic heterocycles. The van der Waals surface area contributed by atoms with Gasteiger partial charge in [-0.3, -0.25) is 0 Å². The highest BCUT2D eigenvalue weighted by Crippen LogP contribution is 2.33. The molecule has 98 valence electrons. The third kappa shape index (κ3) is 1.99. The Balaban J connectivity index is 2.74. The number of methoxy groups -OCH3 is 1. The van der Waals surface area contributed by atoms with Crippen LogP contribution in [0.4, 0.5) is 0 Å². The molecule has 18 heavy (non-hydrogen) atoms. The molecule has 0 aliphatic rings. The van der Waals surface area contributed by atoms with E-state index in [0.717, 1.165) is 5.75 Å². The number of fused-ring (bicyclic) bond motifs is 1. The molecule has 0 radical (unpaired) electrons. The largest absolute Gasteiger partial charge is 0.496 e. The highest BCUT2D eigenvalue weighted by Gasteiger charge is 2.17. The van der Waals surface area contributed by atoms with Crippen molar-refractivity contribution >= 4 is 10.9 Å². The molecule has 1 heterocycles. The van der Waals surface area contributed by atoms with Crippen LogP contribution in [0.1, 0.15) is 38.5 Å². The molecule has 2 aromatic rings. The van der Waals surface area contributed by atoms with Gasteiger partial charge in [0.25, 0.3) is 0 Å². The van der Waals surface area contributed by atoms with Crippen LogP contribution in [0.25, 0.3) is 10.9 Å². The summed E-state index contributed by atoms with van der Waals surface area (Å²) >= 11 is 0. The number of rotatable bonds is 4.